The second-order valence-corrected chi connectivity index (χ2v) is 35.1. The van der Waals surface area contributed by atoms with Crippen LogP contribution in [0.3, 0.4) is 0 Å². The Morgan fingerprint density at radius 3 is 0.525 bits per heavy atom. The molecule has 0 radical (unpaired) electrons. The summed E-state index contributed by atoms with van der Waals surface area (Å²) in [5, 5.41) is 0. The van der Waals surface area contributed by atoms with Gasteiger partial charge in [-0.25, -0.2) is 0 Å². The molecule has 0 fully saturated rings. The average Bonchev–Trinajstić information content (AvgIpc) is 3.06. The molecule has 0 spiro atoms. The third-order valence-electron chi connectivity index (χ3n) is 7.37. The number of hydrogen-bond donors (Lipinski definition) is 0. The second-order valence-electron chi connectivity index (χ2n) is 9.73. The van der Waals surface area contributed by atoms with Gasteiger partial charge in [0.2, 0.25) is 0 Å². The first-order chi connectivity index (χ1) is 19.8. The van der Waals surface area contributed by atoms with E-state index >= 15 is 0 Å². The van der Waals surface area contributed by atoms with Crippen molar-refractivity contribution >= 4 is 62.0 Å². The molecule has 0 aliphatic carbocycles. The molecular weight excluding hydrogens is 879 g/mol. The third kappa shape index (κ3) is 5.25. The topological polar surface area (TPSA) is 18.5 Å². The Labute approximate surface area is 247 Å². The van der Waals surface area contributed by atoms with Gasteiger partial charge in [0.05, 0.1) is 0 Å². The van der Waals surface area contributed by atoms with Crippen LogP contribution in [-0.2, 0) is 5.68 Å². The van der Waals surface area contributed by atoms with Gasteiger partial charge in [0.15, 0.2) is 0 Å². The van der Waals surface area contributed by atoms with Crippen LogP contribution in [0.25, 0.3) is 0 Å². The van der Waals surface area contributed by atoms with E-state index in [4.69, 9.17) is 5.68 Å². The van der Waals surface area contributed by atoms with Crippen LogP contribution in [0.2, 0.25) is 0 Å². The van der Waals surface area contributed by atoms with Crippen LogP contribution in [0, 0.1) is 0 Å². The van der Waals surface area contributed by atoms with E-state index < -0.39 is 43.3 Å². The molecule has 0 aromatic heterocycles. The van der Waals surface area contributed by atoms with E-state index in [1.165, 1.54) is 18.7 Å². The van der Waals surface area contributed by atoms with Gasteiger partial charge in [-0.2, -0.15) is 0 Å². The summed E-state index contributed by atoms with van der Waals surface area (Å²) in [5.74, 6) is 0. The summed E-state index contributed by atoms with van der Waals surface area (Å²) in [5.41, 5.74) is 0. The molecule has 0 aliphatic rings. The van der Waals surface area contributed by atoms with Gasteiger partial charge in [-0.05, 0) is 0 Å². The van der Waals surface area contributed by atoms with E-state index in [1.54, 1.807) is 0 Å². The molecule has 4 heteroatoms. The molecule has 6 aromatic carbocycles. The van der Waals surface area contributed by atoms with Crippen molar-refractivity contribution in [2.75, 3.05) is 0 Å². The van der Waals surface area contributed by atoms with Gasteiger partial charge in [0.1, 0.15) is 0 Å². The minimum absolute atomic E-state index is 1.23. The van der Waals surface area contributed by atoms with Crippen molar-refractivity contribution in [3.8, 4) is 0 Å². The van der Waals surface area contributed by atoms with Gasteiger partial charge in [0.25, 0.3) is 0 Å². The van der Waals surface area contributed by atoms with Gasteiger partial charge in [-0.1, -0.05) is 0 Å². The van der Waals surface area contributed by atoms with Crippen LogP contribution in [0.5, 0.6) is 0 Å². The van der Waals surface area contributed by atoms with E-state index in [0.29, 0.717) is 0 Å². The van der Waals surface area contributed by atoms with E-state index in [0.717, 1.165) is 0 Å². The fourth-order valence-electron chi connectivity index (χ4n) is 5.45. The standard InChI is InChI=1S/6C6H5.O2.2Pb/c6*1-2-4-6-5-3-1;1-2;;/h6*1-5H;;;/q;;;;;;-2;2*+1. The molecule has 0 saturated carbocycles. The summed E-state index contributed by atoms with van der Waals surface area (Å²) < 4.78 is 22.0. The molecular formula is C36H30O2Pb2. The van der Waals surface area contributed by atoms with Crippen molar-refractivity contribution in [1.82, 2.24) is 0 Å². The second kappa shape index (κ2) is 12.7. The molecule has 0 unspecified atom stereocenters. The molecule has 2 nitrogen and oxygen atoms in total. The van der Waals surface area contributed by atoms with E-state index in [2.05, 4.69) is 182 Å². The molecule has 0 saturated heterocycles. The maximum absolute atomic E-state index is 7.34. The molecule has 0 heterocycles. The fraction of sp³-hybridized carbons (Fsp3) is 0. The van der Waals surface area contributed by atoms with E-state index in [1.807, 2.05) is 0 Å². The molecule has 6 aromatic rings. The predicted octanol–water partition coefficient (Wildman–Crippen LogP) is 4.27. The normalized spacial score (nSPS) is 11.7. The van der Waals surface area contributed by atoms with Crippen LogP contribution in [0.15, 0.2) is 182 Å². The van der Waals surface area contributed by atoms with Gasteiger partial charge < -0.3 is 0 Å². The van der Waals surface area contributed by atoms with Crippen LogP contribution >= 0.6 is 0 Å². The Kier molecular flexibility index (Phi) is 8.67. The molecule has 0 bridgehead atoms. The van der Waals surface area contributed by atoms with Gasteiger partial charge in [-0.3, -0.25) is 0 Å². The molecule has 0 amide bonds. The Bertz CT molecular complexity index is 1290. The summed E-state index contributed by atoms with van der Waals surface area (Å²) in [6, 6.07) is 64.4. The van der Waals surface area contributed by atoms with Crippen LogP contribution in [-0.4, -0.2) is 43.3 Å². The first-order valence-corrected chi connectivity index (χ1v) is 28.4. The first-order valence-electron chi connectivity index (χ1n) is 13.5. The summed E-state index contributed by atoms with van der Waals surface area (Å²) in [4.78, 5) is 0. The zero-order chi connectivity index (χ0) is 27.1. The van der Waals surface area contributed by atoms with E-state index in [-0.39, 0.29) is 0 Å². The van der Waals surface area contributed by atoms with Gasteiger partial charge in [-0.15, -0.1) is 0 Å². The van der Waals surface area contributed by atoms with E-state index in [9.17, 15) is 0 Å². The minimum atomic E-state index is -4.36. The molecule has 0 atom stereocenters. The molecule has 6 rings (SSSR count). The van der Waals surface area contributed by atoms with Crippen molar-refractivity contribution < 1.29 is 5.68 Å². The zero-order valence-corrected chi connectivity index (χ0v) is 29.9. The number of benzene rings is 6. The average molecular weight is 909 g/mol. The Morgan fingerprint density at radius 1 is 0.225 bits per heavy atom. The summed E-state index contributed by atoms with van der Waals surface area (Å²) in [6.07, 6.45) is 0. The Morgan fingerprint density at radius 2 is 0.375 bits per heavy atom. The summed E-state index contributed by atoms with van der Waals surface area (Å²) in [6.45, 7) is 0. The predicted molar refractivity (Wildman–Crippen MR) is 170 cm³/mol. The van der Waals surface area contributed by atoms with Gasteiger partial charge >= 0.3 is 250 Å². The van der Waals surface area contributed by atoms with Gasteiger partial charge in [0, 0.05) is 0 Å². The number of hydrogen-bond acceptors (Lipinski definition) is 2. The first kappa shape index (κ1) is 27.3. The van der Waals surface area contributed by atoms with Crippen molar-refractivity contribution in [2.45, 2.75) is 0 Å². The van der Waals surface area contributed by atoms with Crippen LogP contribution in [0.4, 0.5) is 0 Å². The summed E-state index contributed by atoms with van der Waals surface area (Å²) >= 11 is -8.73. The van der Waals surface area contributed by atoms with Crippen molar-refractivity contribution in [1.29, 1.82) is 0 Å². The van der Waals surface area contributed by atoms with Crippen molar-refractivity contribution in [3.05, 3.63) is 182 Å². The quantitative estimate of drug-likeness (QED) is 0.123. The van der Waals surface area contributed by atoms with Crippen molar-refractivity contribution in [2.24, 2.45) is 0 Å². The monoisotopic (exact) mass is 910 g/mol. The van der Waals surface area contributed by atoms with Crippen molar-refractivity contribution in [3.63, 3.8) is 0 Å². The fourth-order valence-corrected chi connectivity index (χ4v) is 40.4. The molecule has 0 N–H and O–H groups in total. The molecule has 194 valence electrons. The SMILES string of the molecule is c1cc[c]([Pb]([O][O][Pb]([c]2ccccc2)([c]2ccccc2)[c]2ccccc2)([c]2ccccc2)[c]2ccccc2)cc1. The Hall–Kier alpha value is -2.92. The Balaban J connectivity index is 1.62. The molecule has 40 heavy (non-hydrogen) atoms. The molecule has 0 aliphatic heterocycles. The van der Waals surface area contributed by atoms with Crippen LogP contribution < -0.4 is 18.7 Å². The summed E-state index contributed by atoms with van der Waals surface area (Å²) in [7, 11) is 0. The maximum atomic E-state index is 7.34. The number of rotatable bonds is 9. The third-order valence-corrected chi connectivity index (χ3v) is 39.2. The zero-order valence-electron chi connectivity index (χ0n) is 22.1. The van der Waals surface area contributed by atoms with Crippen LogP contribution in [0.1, 0.15) is 0 Å².